The fourth-order valence-corrected chi connectivity index (χ4v) is 2.89. The van der Waals surface area contributed by atoms with Crippen LogP contribution in [0.5, 0.6) is 0 Å². The van der Waals surface area contributed by atoms with Gasteiger partial charge in [-0.3, -0.25) is 19.7 Å². The summed E-state index contributed by atoms with van der Waals surface area (Å²) in [7, 11) is 0. The summed E-state index contributed by atoms with van der Waals surface area (Å²) >= 11 is 0. The van der Waals surface area contributed by atoms with Crippen molar-refractivity contribution in [3.63, 3.8) is 0 Å². The molecular weight excluding hydrogens is 360 g/mol. The van der Waals surface area contributed by atoms with Crippen LogP contribution >= 0.6 is 0 Å². The summed E-state index contributed by atoms with van der Waals surface area (Å²) in [5.41, 5.74) is 1.75. The number of hydrogen-bond donors (Lipinski definition) is 1. The minimum absolute atomic E-state index is 0.0583. The van der Waals surface area contributed by atoms with Gasteiger partial charge in [-0.1, -0.05) is 42.5 Å². The van der Waals surface area contributed by atoms with Crippen LogP contribution in [0.25, 0.3) is 10.8 Å². The van der Waals surface area contributed by atoms with Gasteiger partial charge >= 0.3 is 5.97 Å². The minimum atomic E-state index is -0.511. The molecule has 142 valence electrons. The van der Waals surface area contributed by atoms with Gasteiger partial charge in [0.05, 0.1) is 11.3 Å². The third kappa shape index (κ3) is 4.50. The number of amides is 1. The monoisotopic (exact) mass is 378 g/mol. The Labute approximate surface area is 161 Å². The molecule has 28 heavy (non-hydrogen) atoms. The topological polar surface area (TPSA) is 98.5 Å². The number of anilines is 1. The van der Waals surface area contributed by atoms with E-state index in [-0.39, 0.29) is 12.1 Å². The number of carbonyl (C=O) groups excluding carboxylic acids is 2. The number of fused-ring (bicyclic) bond motifs is 1. The average molecular weight is 378 g/mol. The molecule has 0 saturated heterocycles. The van der Waals surface area contributed by atoms with E-state index in [1.807, 2.05) is 42.5 Å². The Hall–Kier alpha value is -3.74. The largest absolute Gasteiger partial charge is 0.455 e. The number of carbonyl (C=O) groups is 2. The number of non-ortho nitro benzene ring substituents is 1. The summed E-state index contributed by atoms with van der Waals surface area (Å²) in [5, 5.41) is 15.3. The van der Waals surface area contributed by atoms with E-state index < -0.39 is 23.4 Å². The summed E-state index contributed by atoms with van der Waals surface area (Å²) in [4.78, 5) is 34.4. The molecule has 3 rings (SSSR count). The molecule has 0 aliphatic carbocycles. The fraction of sp³-hybridized carbons (Fsp3) is 0.143. The van der Waals surface area contributed by atoms with Gasteiger partial charge in [-0.15, -0.1) is 0 Å². The van der Waals surface area contributed by atoms with Crippen LogP contribution in [0.15, 0.2) is 60.7 Å². The minimum Gasteiger partial charge on any atom is -0.455 e. The second kappa shape index (κ2) is 8.30. The standard InChI is InChI=1S/C21H18N2O5/c1-14-11-17(23(26)27)9-10-19(14)22-20(24)13-28-21(25)12-16-7-4-6-15-5-2-3-8-18(15)16/h2-11H,12-13H2,1H3,(H,22,24). The highest BCUT2D eigenvalue weighted by Gasteiger charge is 2.13. The van der Waals surface area contributed by atoms with Crippen molar-refractivity contribution in [1.82, 2.24) is 0 Å². The van der Waals surface area contributed by atoms with Gasteiger partial charge in [0.15, 0.2) is 6.61 Å². The van der Waals surface area contributed by atoms with Crippen LogP contribution in [-0.2, 0) is 20.7 Å². The van der Waals surface area contributed by atoms with Crippen molar-refractivity contribution in [2.45, 2.75) is 13.3 Å². The number of esters is 1. The second-order valence-corrected chi connectivity index (χ2v) is 6.28. The molecule has 1 N–H and O–H groups in total. The van der Waals surface area contributed by atoms with Crippen molar-refractivity contribution >= 4 is 34.0 Å². The Morgan fingerprint density at radius 3 is 2.57 bits per heavy atom. The predicted octanol–water partition coefficient (Wildman–Crippen LogP) is 3.78. The highest BCUT2D eigenvalue weighted by Crippen LogP contribution is 2.21. The lowest BCUT2D eigenvalue weighted by Gasteiger charge is -2.10. The first-order chi connectivity index (χ1) is 13.4. The number of rotatable bonds is 6. The molecule has 0 heterocycles. The van der Waals surface area contributed by atoms with Crippen molar-refractivity contribution < 1.29 is 19.2 Å². The lowest BCUT2D eigenvalue weighted by atomic mass is 10.0. The van der Waals surface area contributed by atoms with Crippen molar-refractivity contribution in [3.8, 4) is 0 Å². The molecule has 0 bridgehead atoms. The number of ether oxygens (including phenoxy) is 1. The Morgan fingerprint density at radius 2 is 1.82 bits per heavy atom. The summed E-state index contributed by atoms with van der Waals surface area (Å²) in [6, 6.07) is 17.5. The van der Waals surface area contributed by atoms with Crippen LogP contribution in [0.2, 0.25) is 0 Å². The molecule has 0 atom stereocenters. The van der Waals surface area contributed by atoms with Gasteiger partial charge in [0.2, 0.25) is 0 Å². The maximum absolute atomic E-state index is 12.1. The SMILES string of the molecule is Cc1cc([N+](=O)[O-])ccc1NC(=O)COC(=O)Cc1cccc2ccccc12. The molecule has 0 aromatic heterocycles. The Morgan fingerprint density at radius 1 is 1.07 bits per heavy atom. The summed E-state index contributed by atoms with van der Waals surface area (Å²) < 4.78 is 5.07. The molecule has 7 nitrogen and oxygen atoms in total. The highest BCUT2D eigenvalue weighted by molar-refractivity contribution is 5.94. The van der Waals surface area contributed by atoms with Crippen LogP contribution in [-0.4, -0.2) is 23.4 Å². The number of aryl methyl sites for hydroxylation is 1. The molecule has 0 radical (unpaired) electrons. The molecule has 3 aromatic carbocycles. The quantitative estimate of drug-likeness (QED) is 0.400. The van der Waals surface area contributed by atoms with E-state index in [0.29, 0.717) is 11.3 Å². The van der Waals surface area contributed by atoms with E-state index in [1.165, 1.54) is 18.2 Å². The van der Waals surface area contributed by atoms with Crippen LogP contribution < -0.4 is 5.32 Å². The molecule has 0 saturated carbocycles. The number of nitrogens with zero attached hydrogens (tertiary/aromatic N) is 1. The summed E-state index contributed by atoms with van der Waals surface area (Å²) in [5.74, 6) is -1.02. The van der Waals surface area contributed by atoms with Crippen molar-refractivity contribution in [3.05, 3.63) is 81.9 Å². The molecule has 0 aliphatic heterocycles. The van der Waals surface area contributed by atoms with E-state index in [2.05, 4.69) is 5.32 Å². The van der Waals surface area contributed by atoms with Gasteiger partial charge in [-0.2, -0.15) is 0 Å². The smallest absolute Gasteiger partial charge is 0.310 e. The predicted molar refractivity (Wildman–Crippen MR) is 105 cm³/mol. The lowest BCUT2D eigenvalue weighted by molar-refractivity contribution is -0.384. The second-order valence-electron chi connectivity index (χ2n) is 6.28. The van der Waals surface area contributed by atoms with Crippen molar-refractivity contribution in [1.29, 1.82) is 0 Å². The van der Waals surface area contributed by atoms with E-state index in [1.54, 1.807) is 6.92 Å². The highest BCUT2D eigenvalue weighted by atomic mass is 16.6. The normalized spacial score (nSPS) is 10.5. The van der Waals surface area contributed by atoms with Crippen LogP contribution in [0.1, 0.15) is 11.1 Å². The molecule has 0 unspecified atom stereocenters. The first-order valence-electron chi connectivity index (χ1n) is 8.61. The van der Waals surface area contributed by atoms with E-state index in [4.69, 9.17) is 4.74 Å². The van der Waals surface area contributed by atoms with Crippen molar-refractivity contribution in [2.24, 2.45) is 0 Å². The molecule has 0 aliphatic rings. The number of nitro benzene ring substituents is 1. The number of nitro groups is 1. The third-order valence-electron chi connectivity index (χ3n) is 4.27. The first kappa shape index (κ1) is 19.0. The zero-order valence-corrected chi connectivity index (χ0v) is 15.2. The maximum Gasteiger partial charge on any atom is 0.310 e. The lowest BCUT2D eigenvalue weighted by Crippen LogP contribution is -2.22. The number of benzene rings is 3. The first-order valence-corrected chi connectivity index (χ1v) is 8.61. The van der Waals surface area contributed by atoms with E-state index >= 15 is 0 Å². The Bertz CT molecular complexity index is 1060. The van der Waals surface area contributed by atoms with Crippen LogP contribution in [0.3, 0.4) is 0 Å². The number of nitrogens with one attached hydrogen (secondary N) is 1. The van der Waals surface area contributed by atoms with Crippen molar-refractivity contribution in [2.75, 3.05) is 11.9 Å². The van der Waals surface area contributed by atoms with E-state index in [9.17, 15) is 19.7 Å². The van der Waals surface area contributed by atoms with Gasteiger partial charge in [0, 0.05) is 17.8 Å². The van der Waals surface area contributed by atoms with Crippen LogP contribution in [0.4, 0.5) is 11.4 Å². The van der Waals surface area contributed by atoms with Gasteiger partial charge in [-0.25, -0.2) is 0 Å². The molecule has 1 amide bonds. The molecule has 3 aromatic rings. The third-order valence-corrected chi connectivity index (χ3v) is 4.27. The fourth-order valence-electron chi connectivity index (χ4n) is 2.89. The Kier molecular flexibility index (Phi) is 5.64. The van der Waals surface area contributed by atoms with Gasteiger partial charge in [-0.05, 0) is 34.9 Å². The van der Waals surface area contributed by atoms with Gasteiger partial charge in [0.25, 0.3) is 11.6 Å². The maximum atomic E-state index is 12.1. The number of hydrogen-bond acceptors (Lipinski definition) is 5. The molecule has 7 heteroatoms. The molecule has 0 spiro atoms. The average Bonchev–Trinajstić information content (AvgIpc) is 2.68. The summed E-state index contributed by atoms with van der Waals surface area (Å²) in [6.07, 6.45) is 0.0607. The molecular formula is C21H18N2O5. The van der Waals surface area contributed by atoms with Gasteiger partial charge < -0.3 is 10.1 Å². The van der Waals surface area contributed by atoms with Crippen LogP contribution in [0, 0.1) is 17.0 Å². The zero-order valence-electron chi connectivity index (χ0n) is 15.2. The molecule has 0 fully saturated rings. The van der Waals surface area contributed by atoms with Gasteiger partial charge in [0.1, 0.15) is 0 Å². The Balaban J connectivity index is 1.57. The summed E-state index contributed by atoms with van der Waals surface area (Å²) in [6.45, 7) is 1.22. The van der Waals surface area contributed by atoms with E-state index in [0.717, 1.165) is 16.3 Å². The zero-order chi connectivity index (χ0) is 20.1.